The molecule has 0 saturated carbocycles. The molecule has 1 aromatic rings. The van der Waals surface area contributed by atoms with Crippen LogP contribution in [0.5, 0.6) is 0 Å². The maximum Gasteiger partial charge on any atom is 0.241 e. The van der Waals surface area contributed by atoms with Gasteiger partial charge in [-0.05, 0) is 51.4 Å². The van der Waals surface area contributed by atoms with Crippen molar-refractivity contribution in [3.8, 4) is 0 Å². The number of rotatable bonds is 7. The van der Waals surface area contributed by atoms with Crippen molar-refractivity contribution in [1.82, 2.24) is 4.72 Å². The molecule has 0 radical (unpaired) electrons. The van der Waals surface area contributed by atoms with Crippen molar-refractivity contribution in [2.24, 2.45) is 17.8 Å². The largest absolute Gasteiger partial charge is 0.392 e. The van der Waals surface area contributed by atoms with Gasteiger partial charge in [0.25, 0.3) is 0 Å². The molecular weight excluding hydrogens is 354 g/mol. The molecule has 0 heterocycles. The molecule has 0 fully saturated rings. The van der Waals surface area contributed by atoms with Crippen molar-refractivity contribution in [1.29, 1.82) is 0 Å². The molecule has 0 atom stereocenters. The first-order valence-electron chi connectivity index (χ1n) is 7.08. The molecule has 4 nitrogen and oxygen atoms in total. The van der Waals surface area contributed by atoms with Gasteiger partial charge in [-0.2, -0.15) is 0 Å². The average molecular weight is 378 g/mol. The minimum atomic E-state index is -3.56. The fourth-order valence-electron chi connectivity index (χ4n) is 2.39. The molecule has 120 valence electrons. The van der Waals surface area contributed by atoms with Gasteiger partial charge in [-0.15, -0.1) is 0 Å². The van der Waals surface area contributed by atoms with Crippen LogP contribution in [0.25, 0.3) is 0 Å². The average Bonchev–Trinajstić information content (AvgIpc) is 2.37. The predicted molar refractivity (Wildman–Crippen MR) is 88.4 cm³/mol. The predicted octanol–water partition coefficient (Wildman–Crippen LogP) is 3.15. The summed E-state index contributed by atoms with van der Waals surface area (Å²) in [5.74, 6) is 1.11. The lowest BCUT2D eigenvalue weighted by Gasteiger charge is -2.25. The van der Waals surface area contributed by atoms with Crippen LogP contribution in [0.3, 0.4) is 0 Å². The van der Waals surface area contributed by atoms with Gasteiger partial charge in [0.05, 0.1) is 11.5 Å². The molecule has 2 N–H and O–H groups in total. The molecule has 0 aliphatic heterocycles. The Morgan fingerprint density at radius 1 is 1.19 bits per heavy atom. The van der Waals surface area contributed by atoms with Crippen molar-refractivity contribution in [3.05, 3.63) is 28.2 Å². The van der Waals surface area contributed by atoms with Gasteiger partial charge in [-0.1, -0.05) is 33.8 Å². The van der Waals surface area contributed by atoms with E-state index in [0.29, 0.717) is 28.4 Å². The molecule has 0 aromatic heterocycles. The van der Waals surface area contributed by atoms with E-state index < -0.39 is 10.0 Å². The lowest BCUT2D eigenvalue weighted by molar-refractivity contribution is 0.281. The fourth-order valence-corrected chi connectivity index (χ4v) is 4.58. The lowest BCUT2D eigenvalue weighted by Crippen LogP contribution is -2.34. The summed E-state index contributed by atoms with van der Waals surface area (Å²) in [6.45, 7) is 8.71. The SMILES string of the molecule is CC(C)C(CNS(=O)(=O)c1ccc(CO)cc1Br)C(C)C. The molecule has 0 aliphatic rings. The van der Waals surface area contributed by atoms with Crippen molar-refractivity contribution in [2.75, 3.05) is 6.54 Å². The van der Waals surface area contributed by atoms with E-state index in [1.165, 1.54) is 6.07 Å². The second kappa shape index (κ2) is 7.72. The first-order chi connectivity index (χ1) is 9.69. The van der Waals surface area contributed by atoms with Gasteiger partial charge in [0, 0.05) is 11.0 Å². The van der Waals surface area contributed by atoms with Crippen LogP contribution in [0, 0.1) is 17.8 Å². The topological polar surface area (TPSA) is 66.4 Å². The van der Waals surface area contributed by atoms with Crippen molar-refractivity contribution >= 4 is 26.0 Å². The lowest BCUT2D eigenvalue weighted by atomic mass is 9.86. The van der Waals surface area contributed by atoms with E-state index in [9.17, 15) is 8.42 Å². The Hall–Kier alpha value is -0.430. The third-order valence-corrected chi connectivity index (χ3v) is 6.09. The number of halogens is 1. The molecule has 21 heavy (non-hydrogen) atoms. The monoisotopic (exact) mass is 377 g/mol. The first-order valence-corrected chi connectivity index (χ1v) is 9.35. The number of aliphatic hydroxyl groups is 1. The van der Waals surface area contributed by atoms with Crippen molar-refractivity contribution in [2.45, 2.75) is 39.2 Å². The van der Waals surface area contributed by atoms with Crippen molar-refractivity contribution in [3.63, 3.8) is 0 Å². The normalized spacial score (nSPS) is 12.6. The maximum absolute atomic E-state index is 12.4. The van der Waals surface area contributed by atoms with Crippen molar-refractivity contribution < 1.29 is 13.5 Å². The Balaban J connectivity index is 2.92. The highest BCUT2D eigenvalue weighted by Crippen LogP contribution is 2.25. The molecular formula is C15H24BrNO3S. The van der Waals surface area contributed by atoms with E-state index in [1.54, 1.807) is 12.1 Å². The summed E-state index contributed by atoms with van der Waals surface area (Å²) in [5.41, 5.74) is 0.670. The molecule has 6 heteroatoms. The number of benzene rings is 1. The third kappa shape index (κ3) is 5.06. The van der Waals surface area contributed by atoms with Gasteiger partial charge < -0.3 is 5.11 Å². The van der Waals surface area contributed by atoms with Crippen LogP contribution < -0.4 is 4.72 Å². The molecule has 0 aliphatic carbocycles. The summed E-state index contributed by atoms with van der Waals surface area (Å²) in [5, 5.41) is 9.07. The molecule has 0 amide bonds. The zero-order valence-electron chi connectivity index (χ0n) is 12.9. The summed E-state index contributed by atoms with van der Waals surface area (Å²) in [6.07, 6.45) is 0. The number of aliphatic hydroxyl groups excluding tert-OH is 1. The van der Waals surface area contributed by atoms with Crippen LogP contribution in [-0.4, -0.2) is 20.1 Å². The van der Waals surface area contributed by atoms with Crippen LogP contribution >= 0.6 is 15.9 Å². The van der Waals surface area contributed by atoms with Gasteiger partial charge in [-0.3, -0.25) is 0 Å². The number of sulfonamides is 1. The standard InChI is InChI=1S/C15H24BrNO3S/c1-10(2)13(11(3)4)8-17-21(19,20)15-6-5-12(9-18)7-14(15)16/h5-7,10-11,13,17-18H,8-9H2,1-4H3. The highest BCUT2D eigenvalue weighted by Gasteiger charge is 2.23. The van der Waals surface area contributed by atoms with Crippen LogP contribution in [0.4, 0.5) is 0 Å². The summed E-state index contributed by atoms with van der Waals surface area (Å²) >= 11 is 3.26. The Kier molecular flexibility index (Phi) is 6.84. The molecule has 1 aromatic carbocycles. The van der Waals surface area contributed by atoms with Gasteiger partial charge in [0.2, 0.25) is 10.0 Å². The quantitative estimate of drug-likeness (QED) is 0.766. The molecule has 0 unspecified atom stereocenters. The molecule has 1 rings (SSSR count). The van der Waals surface area contributed by atoms with E-state index in [4.69, 9.17) is 5.11 Å². The van der Waals surface area contributed by atoms with Crippen LogP contribution in [0.2, 0.25) is 0 Å². The van der Waals surface area contributed by atoms with Crippen LogP contribution in [0.15, 0.2) is 27.6 Å². The van der Waals surface area contributed by atoms with E-state index in [-0.39, 0.29) is 17.4 Å². The van der Waals surface area contributed by atoms with Crippen LogP contribution in [0.1, 0.15) is 33.3 Å². The van der Waals surface area contributed by atoms with E-state index in [1.807, 2.05) is 0 Å². The third-order valence-electron chi connectivity index (χ3n) is 3.69. The van der Waals surface area contributed by atoms with E-state index in [2.05, 4.69) is 48.3 Å². The zero-order chi connectivity index (χ0) is 16.2. The highest BCUT2D eigenvalue weighted by molar-refractivity contribution is 9.10. The summed E-state index contributed by atoms with van der Waals surface area (Å²) in [4.78, 5) is 0.200. The van der Waals surface area contributed by atoms with Gasteiger partial charge >= 0.3 is 0 Å². The number of hydrogen-bond donors (Lipinski definition) is 2. The zero-order valence-corrected chi connectivity index (χ0v) is 15.3. The minimum absolute atomic E-state index is 0.116. The Morgan fingerprint density at radius 2 is 1.76 bits per heavy atom. The molecule has 0 spiro atoms. The van der Waals surface area contributed by atoms with Gasteiger partial charge in [-0.25, -0.2) is 13.1 Å². The highest BCUT2D eigenvalue weighted by atomic mass is 79.9. The second-order valence-corrected chi connectivity index (χ2v) is 8.52. The molecule has 0 bridgehead atoms. The van der Waals surface area contributed by atoms with Crippen LogP contribution in [-0.2, 0) is 16.6 Å². The van der Waals surface area contributed by atoms with Gasteiger partial charge in [0.15, 0.2) is 0 Å². The van der Waals surface area contributed by atoms with E-state index >= 15 is 0 Å². The van der Waals surface area contributed by atoms with E-state index in [0.717, 1.165) is 0 Å². The maximum atomic E-state index is 12.4. The summed E-state index contributed by atoms with van der Waals surface area (Å²) in [6, 6.07) is 4.75. The smallest absolute Gasteiger partial charge is 0.241 e. The summed E-state index contributed by atoms with van der Waals surface area (Å²) in [7, 11) is -3.56. The first kappa shape index (κ1) is 18.6. The number of nitrogens with one attached hydrogen (secondary N) is 1. The number of hydrogen-bond acceptors (Lipinski definition) is 3. The Labute approximate surface area is 136 Å². The second-order valence-electron chi connectivity index (χ2n) is 5.93. The fraction of sp³-hybridized carbons (Fsp3) is 0.600. The Morgan fingerprint density at radius 3 is 2.19 bits per heavy atom. The summed E-state index contributed by atoms with van der Waals surface area (Å²) < 4.78 is 28.0. The molecule has 0 saturated heterocycles. The Bertz CT molecular complexity index is 562. The minimum Gasteiger partial charge on any atom is -0.392 e. The van der Waals surface area contributed by atoms with Gasteiger partial charge in [0.1, 0.15) is 0 Å².